The Morgan fingerprint density at radius 3 is 2.50 bits per heavy atom. The van der Waals surface area contributed by atoms with Crippen molar-refractivity contribution in [3.63, 3.8) is 0 Å². The molecule has 1 aliphatic carbocycles. The number of H-pyrrole nitrogens is 1. The Labute approximate surface area is 142 Å². The summed E-state index contributed by atoms with van der Waals surface area (Å²) in [5.41, 5.74) is 2.88. The number of thioether (sulfide) groups is 1. The Morgan fingerprint density at radius 1 is 1.21 bits per heavy atom. The number of aromatic amines is 1. The third-order valence-corrected chi connectivity index (χ3v) is 5.25. The van der Waals surface area contributed by atoms with Crippen LogP contribution in [0.5, 0.6) is 0 Å². The molecule has 0 radical (unpaired) electrons. The van der Waals surface area contributed by atoms with Crippen LogP contribution in [0.3, 0.4) is 0 Å². The summed E-state index contributed by atoms with van der Waals surface area (Å²) in [6.45, 7) is 0. The number of hydrogen-bond acceptors (Lipinski definition) is 5. The fraction of sp³-hybridized carbons (Fsp3) is 0.294. The lowest BCUT2D eigenvalue weighted by atomic mass is 9.90. The lowest BCUT2D eigenvalue weighted by Gasteiger charge is -2.19. The molecule has 122 valence electrons. The minimum absolute atomic E-state index is 0.0629. The van der Waals surface area contributed by atoms with E-state index >= 15 is 0 Å². The summed E-state index contributed by atoms with van der Waals surface area (Å²) in [7, 11) is 0. The Morgan fingerprint density at radius 2 is 1.88 bits per heavy atom. The second-order valence-electron chi connectivity index (χ2n) is 5.65. The zero-order valence-corrected chi connectivity index (χ0v) is 13.7. The van der Waals surface area contributed by atoms with Gasteiger partial charge < -0.3 is 4.98 Å². The van der Waals surface area contributed by atoms with Crippen molar-refractivity contribution in [2.75, 3.05) is 0 Å². The molecule has 2 aromatic rings. The zero-order chi connectivity index (χ0) is 17.1. The van der Waals surface area contributed by atoms with Gasteiger partial charge in [-0.1, -0.05) is 12.1 Å². The summed E-state index contributed by atoms with van der Waals surface area (Å²) < 4.78 is 0. The lowest BCUT2D eigenvalue weighted by molar-refractivity contribution is -0.384. The van der Waals surface area contributed by atoms with Gasteiger partial charge in [0.05, 0.1) is 9.95 Å². The highest BCUT2D eigenvalue weighted by molar-refractivity contribution is 7.98. The molecule has 3 rings (SSSR count). The SMILES string of the molecule is N#Cc1c2c(c(SCc3ccc([N+](=O)[O-])cc3)[nH]c1=O)CCCC2. The Hall–Kier alpha value is -2.59. The molecular formula is C17H15N3O3S. The number of nitriles is 1. The van der Waals surface area contributed by atoms with Crippen LogP contribution in [0.25, 0.3) is 0 Å². The molecule has 0 aliphatic heterocycles. The average molecular weight is 341 g/mol. The second-order valence-corrected chi connectivity index (χ2v) is 6.63. The first kappa shape index (κ1) is 16.3. The van der Waals surface area contributed by atoms with Crippen LogP contribution in [0.2, 0.25) is 0 Å². The van der Waals surface area contributed by atoms with Crippen LogP contribution in [0, 0.1) is 21.4 Å². The van der Waals surface area contributed by atoms with Gasteiger partial charge in [0.2, 0.25) is 0 Å². The predicted molar refractivity (Wildman–Crippen MR) is 91.1 cm³/mol. The van der Waals surface area contributed by atoms with Crippen LogP contribution in [0.1, 0.15) is 35.1 Å². The monoisotopic (exact) mass is 341 g/mol. The number of rotatable bonds is 4. The maximum absolute atomic E-state index is 12.1. The third-order valence-electron chi connectivity index (χ3n) is 4.14. The molecule has 0 fully saturated rings. The van der Waals surface area contributed by atoms with Gasteiger partial charge in [-0.2, -0.15) is 5.26 Å². The first-order valence-electron chi connectivity index (χ1n) is 7.64. The second kappa shape index (κ2) is 6.89. The Kier molecular flexibility index (Phi) is 4.67. The van der Waals surface area contributed by atoms with E-state index in [-0.39, 0.29) is 16.8 Å². The number of non-ortho nitro benzene ring substituents is 1. The number of fused-ring (bicyclic) bond motifs is 1. The van der Waals surface area contributed by atoms with Crippen LogP contribution in [-0.4, -0.2) is 9.91 Å². The molecule has 1 N–H and O–H groups in total. The standard InChI is InChI=1S/C17H15N3O3S/c18-9-15-13-3-1-2-4-14(13)17(19-16(15)21)24-10-11-5-7-12(8-6-11)20(22)23/h5-8H,1-4,10H2,(H,19,21). The van der Waals surface area contributed by atoms with Crippen LogP contribution in [-0.2, 0) is 18.6 Å². The smallest absolute Gasteiger partial charge is 0.269 e. The molecule has 0 saturated carbocycles. The van der Waals surface area contributed by atoms with Gasteiger partial charge in [0, 0.05) is 17.9 Å². The first-order valence-corrected chi connectivity index (χ1v) is 8.63. The van der Waals surface area contributed by atoms with E-state index in [1.54, 1.807) is 12.1 Å². The molecule has 0 spiro atoms. The van der Waals surface area contributed by atoms with Crippen molar-refractivity contribution < 1.29 is 4.92 Å². The number of aromatic nitrogens is 1. The molecule has 1 aromatic heterocycles. The predicted octanol–water partition coefficient (Wildman–Crippen LogP) is 3.33. The number of pyridine rings is 1. The molecule has 0 unspecified atom stereocenters. The fourth-order valence-corrected chi connectivity index (χ4v) is 3.99. The molecule has 1 aromatic carbocycles. The van der Waals surface area contributed by atoms with Crippen LogP contribution >= 0.6 is 11.8 Å². The summed E-state index contributed by atoms with van der Waals surface area (Å²) in [6, 6.07) is 8.43. The number of hydrogen-bond donors (Lipinski definition) is 1. The summed E-state index contributed by atoms with van der Waals surface area (Å²) >= 11 is 1.50. The van der Waals surface area contributed by atoms with Crippen molar-refractivity contribution in [2.24, 2.45) is 0 Å². The number of benzene rings is 1. The summed E-state index contributed by atoms with van der Waals surface area (Å²) in [4.78, 5) is 25.2. The van der Waals surface area contributed by atoms with Crippen molar-refractivity contribution in [1.29, 1.82) is 5.26 Å². The van der Waals surface area contributed by atoms with E-state index in [2.05, 4.69) is 4.98 Å². The van der Waals surface area contributed by atoms with Crippen LogP contribution in [0.4, 0.5) is 5.69 Å². The minimum atomic E-state index is -0.425. The summed E-state index contributed by atoms with van der Waals surface area (Å²) in [5, 5.41) is 20.7. The Bertz CT molecular complexity index is 882. The molecule has 7 heteroatoms. The molecule has 0 bridgehead atoms. The highest BCUT2D eigenvalue weighted by Crippen LogP contribution is 2.31. The maximum Gasteiger partial charge on any atom is 0.269 e. The van der Waals surface area contributed by atoms with E-state index in [1.807, 2.05) is 6.07 Å². The minimum Gasteiger partial charge on any atom is -0.316 e. The van der Waals surface area contributed by atoms with Gasteiger partial charge in [-0.15, -0.1) is 11.8 Å². The Balaban J connectivity index is 1.85. The fourth-order valence-electron chi connectivity index (χ4n) is 2.92. The molecular weight excluding hydrogens is 326 g/mol. The quantitative estimate of drug-likeness (QED) is 0.522. The zero-order valence-electron chi connectivity index (χ0n) is 12.9. The van der Waals surface area contributed by atoms with Gasteiger partial charge in [0.1, 0.15) is 11.6 Å². The largest absolute Gasteiger partial charge is 0.316 e. The number of nitrogens with zero attached hydrogens (tertiary/aromatic N) is 2. The molecule has 24 heavy (non-hydrogen) atoms. The number of nitrogens with one attached hydrogen (secondary N) is 1. The van der Waals surface area contributed by atoms with Gasteiger partial charge in [-0.25, -0.2) is 0 Å². The topological polar surface area (TPSA) is 99.8 Å². The van der Waals surface area contributed by atoms with Gasteiger partial charge in [-0.3, -0.25) is 14.9 Å². The van der Waals surface area contributed by atoms with E-state index in [0.29, 0.717) is 5.75 Å². The molecule has 0 amide bonds. The average Bonchev–Trinajstić information content (AvgIpc) is 2.60. The van der Waals surface area contributed by atoms with Crippen molar-refractivity contribution in [2.45, 2.75) is 36.5 Å². The summed E-state index contributed by atoms with van der Waals surface area (Å²) in [5.74, 6) is 0.603. The van der Waals surface area contributed by atoms with Crippen LogP contribution < -0.4 is 5.56 Å². The molecule has 1 aliphatic rings. The molecule has 0 saturated heterocycles. The molecule has 6 nitrogen and oxygen atoms in total. The van der Waals surface area contributed by atoms with E-state index in [9.17, 15) is 20.2 Å². The highest BCUT2D eigenvalue weighted by atomic mass is 32.2. The van der Waals surface area contributed by atoms with Crippen molar-refractivity contribution in [3.8, 4) is 6.07 Å². The van der Waals surface area contributed by atoms with E-state index in [1.165, 1.54) is 23.9 Å². The van der Waals surface area contributed by atoms with E-state index in [0.717, 1.165) is 47.4 Å². The highest BCUT2D eigenvalue weighted by Gasteiger charge is 2.20. The van der Waals surface area contributed by atoms with E-state index in [4.69, 9.17) is 0 Å². The summed E-state index contributed by atoms with van der Waals surface area (Å²) in [6.07, 6.45) is 3.68. The van der Waals surface area contributed by atoms with Crippen molar-refractivity contribution in [1.82, 2.24) is 4.98 Å². The van der Waals surface area contributed by atoms with Crippen molar-refractivity contribution >= 4 is 17.4 Å². The number of nitro benzene ring substituents is 1. The van der Waals surface area contributed by atoms with Gasteiger partial charge in [0.15, 0.2) is 0 Å². The van der Waals surface area contributed by atoms with Gasteiger partial charge in [0.25, 0.3) is 11.2 Å². The van der Waals surface area contributed by atoms with Crippen LogP contribution in [0.15, 0.2) is 34.1 Å². The normalized spacial score (nSPS) is 13.1. The van der Waals surface area contributed by atoms with Crippen molar-refractivity contribution in [3.05, 3.63) is 67.0 Å². The lowest BCUT2D eigenvalue weighted by Crippen LogP contribution is -2.20. The first-order chi connectivity index (χ1) is 11.6. The molecule has 0 atom stereocenters. The maximum atomic E-state index is 12.1. The van der Waals surface area contributed by atoms with Gasteiger partial charge >= 0.3 is 0 Å². The van der Waals surface area contributed by atoms with Gasteiger partial charge in [-0.05, 0) is 42.4 Å². The third kappa shape index (κ3) is 3.19. The molecule has 1 heterocycles. The van der Waals surface area contributed by atoms with E-state index < -0.39 is 4.92 Å². The number of nitro groups is 1.